The summed E-state index contributed by atoms with van der Waals surface area (Å²) in [5, 5.41) is 6.28. The Morgan fingerprint density at radius 2 is 2.00 bits per heavy atom. The third kappa shape index (κ3) is 3.78. The van der Waals surface area contributed by atoms with Crippen molar-refractivity contribution in [3.8, 4) is 0 Å². The Morgan fingerprint density at radius 3 is 2.62 bits per heavy atom. The smallest absolute Gasteiger partial charge is 0.233 e. The minimum atomic E-state index is 0.161. The maximum atomic E-state index is 11.5. The van der Waals surface area contributed by atoms with E-state index in [-0.39, 0.29) is 5.91 Å². The molecule has 2 aliphatic carbocycles. The first-order chi connectivity index (χ1) is 7.68. The monoisotopic (exact) mass is 224 g/mol. The van der Waals surface area contributed by atoms with E-state index in [4.69, 9.17) is 0 Å². The van der Waals surface area contributed by atoms with Crippen LogP contribution in [-0.2, 0) is 4.79 Å². The van der Waals surface area contributed by atoms with Gasteiger partial charge >= 0.3 is 0 Å². The normalized spacial score (nSPS) is 23.3. The average molecular weight is 224 g/mol. The van der Waals surface area contributed by atoms with Crippen LogP contribution in [0.15, 0.2) is 0 Å². The number of amides is 1. The van der Waals surface area contributed by atoms with E-state index in [0.717, 1.165) is 19.0 Å². The van der Waals surface area contributed by atoms with Crippen molar-refractivity contribution in [3.63, 3.8) is 0 Å². The largest absolute Gasteiger partial charge is 0.355 e. The molecular formula is C13H24N2O. The highest BCUT2D eigenvalue weighted by atomic mass is 16.1. The van der Waals surface area contributed by atoms with Crippen molar-refractivity contribution >= 4 is 5.91 Å². The highest BCUT2D eigenvalue weighted by molar-refractivity contribution is 5.77. The van der Waals surface area contributed by atoms with Crippen LogP contribution in [-0.4, -0.2) is 25.5 Å². The van der Waals surface area contributed by atoms with Gasteiger partial charge in [-0.15, -0.1) is 0 Å². The maximum Gasteiger partial charge on any atom is 0.233 e. The second-order valence-electron chi connectivity index (χ2n) is 5.87. The lowest BCUT2D eigenvalue weighted by Gasteiger charge is -2.23. The molecule has 0 saturated heterocycles. The average Bonchev–Trinajstić information content (AvgIpc) is 2.99. The Morgan fingerprint density at radius 1 is 1.31 bits per heavy atom. The molecule has 2 fully saturated rings. The van der Waals surface area contributed by atoms with Crippen molar-refractivity contribution < 1.29 is 4.79 Å². The summed E-state index contributed by atoms with van der Waals surface area (Å²) in [7, 11) is 0. The zero-order valence-corrected chi connectivity index (χ0v) is 10.3. The molecule has 2 rings (SSSR count). The van der Waals surface area contributed by atoms with Gasteiger partial charge in [0.05, 0.1) is 6.54 Å². The van der Waals surface area contributed by atoms with Gasteiger partial charge in [0.25, 0.3) is 0 Å². The quantitative estimate of drug-likeness (QED) is 0.721. The van der Waals surface area contributed by atoms with Crippen LogP contribution in [0.5, 0.6) is 0 Å². The summed E-state index contributed by atoms with van der Waals surface area (Å²) in [6.07, 6.45) is 7.92. The molecule has 2 saturated carbocycles. The zero-order chi connectivity index (χ0) is 11.4. The molecule has 0 aromatic carbocycles. The van der Waals surface area contributed by atoms with Crippen molar-refractivity contribution in [3.05, 3.63) is 0 Å². The predicted molar refractivity (Wildman–Crippen MR) is 65.2 cm³/mol. The lowest BCUT2D eigenvalue weighted by atomic mass is 9.89. The van der Waals surface area contributed by atoms with E-state index in [1.165, 1.54) is 38.5 Å². The Kier molecular flexibility index (Phi) is 3.85. The van der Waals surface area contributed by atoms with Crippen LogP contribution in [0, 0.1) is 11.3 Å². The summed E-state index contributed by atoms with van der Waals surface area (Å²) in [5.74, 6) is 0.935. The Labute approximate surface area is 98.4 Å². The molecule has 0 bridgehead atoms. The standard InChI is InChI=1S/C13H24N2O/c1-13(6-2-3-7-13)10-14-9-12(16)15-8-11-4-5-11/h11,14H,2-10H2,1H3,(H,15,16). The molecule has 2 aliphatic rings. The molecule has 1 amide bonds. The number of rotatable bonds is 6. The summed E-state index contributed by atoms with van der Waals surface area (Å²) in [6, 6.07) is 0. The number of carbonyl (C=O) groups is 1. The molecular weight excluding hydrogens is 200 g/mol. The van der Waals surface area contributed by atoms with E-state index in [1.807, 2.05) is 0 Å². The first-order valence-corrected chi connectivity index (χ1v) is 6.65. The predicted octanol–water partition coefficient (Wildman–Crippen LogP) is 1.68. The second-order valence-corrected chi connectivity index (χ2v) is 5.87. The van der Waals surface area contributed by atoms with Gasteiger partial charge in [0.2, 0.25) is 5.91 Å². The SMILES string of the molecule is CC1(CNCC(=O)NCC2CC2)CCCC1. The van der Waals surface area contributed by atoms with Gasteiger partial charge in [0, 0.05) is 13.1 Å². The van der Waals surface area contributed by atoms with Crippen molar-refractivity contribution in [2.24, 2.45) is 11.3 Å². The molecule has 0 aromatic rings. The Hall–Kier alpha value is -0.570. The van der Waals surface area contributed by atoms with Crippen LogP contribution in [0.4, 0.5) is 0 Å². The summed E-state index contributed by atoms with van der Waals surface area (Å²) in [4.78, 5) is 11.5. The molecule has 3 nitrogen and oxygen atoms in total. The minimum absolute atomic E-state index is 0.161. The fourth-order valence-corrected chi connectivity index (χ4v) is 2.53. The third-order valence-electron chi connectivity index (χ3n) is 3.93. The van der Waals surface area contributed by atoms with E-state index in [1.54, 1.807) is 0 Å². The van der Waals surface area contributed by atoms with Crippen molar-refractivity contribution in [2.45, 2.75) is 45.4 Å². The number of nitrogens with one attached hydrogen (secondary N) is 2. The van der Waals surface area contributed by atoms with Gasteiger partial charge in [-0.2, -0.15) is 0 Å². The lowest BCUT2D eigenvalue weighted by molar-refractivity contribution is -0.120. The van der Waals surface area contributed by atoms with Crippen LogP contribution in [0.1, 0.15) is 45.4 Å². The molecule has 0 spiro atoms. The molecule has 0 atom stereocenters. The topological polar surface area (TPSA) is 41.1 Å². The van der Waals surface area contributed by atoms with Gasteiger partial charge in [-0.05, 0) is 37.0 Å². The highest BCUT2D eigenvalue weighted by Gasteiger charge is 2.28. The molecule has 2 N–H and O–H groups in total. The van der Waals surface area contributed by atoms with E-state index < -0.39 is 0 Å². The molecule has 3 heteroatoms. The van der Waals surface area contributed by atoms with Crippen LogP contribution >= 0.6 is 0 Å². The molecule has 0 heterocycles. The number of carbonyl (C=O) groups excluding carboxylic acids is 1. The molecule has 0 unspecified atom stereocenters. The van der Waals surface area contributed by atoms with Crippen LogP contribution < -0.4 is 10.6 Å². The molecule has 16 heavy (non-hydrogen) atoms. The van der Waals surface area contributed by atoms with Crippen molar-refractivity contribution in [2.75, 3.05) is 19.6 Å². The van der Waals surface area contributed by atoms with E-state index in [0.29, 0.717) is 12.0 Å². The molecule has 0 radical (unpaired) electrons. The molecule has 0 aromatic heterocycles. The highest BCUT2D eigenvalue weighted by Crippen LogP contribution is 2.36. The van der Waals surface area contributed by atoms with Gasteiger partial charge in [0.1, 0.15) is 0 Å². The van der Waals surface area contributed by atoms with E-state index >= 15 is 0 Å². The van der Waals surface area contributed by atoms with E-state index in [9.17, 15) is 4.79 Å². The summed E-state index contributed by atoms with van der Waals surface area (Å²) >= 11 is 0. The zero-order valence-electron chi connectivity index (χ0n) is 10.3. The van der Waals surface area contributed by atoms with Gasteiger partial charge in [-0.1, -0.05) is 19.8 Å². The van der Waals surface area contributed by atoms with Crippen molar-refractivity contribution in [1.29, 1.82) is 0 Å². The van der Waals surface area contributed by atoms with Crippen LogP contribution in [0.3, 0.4) is 0 Å². The number of hydrogen-bond acceptors (Lipinski definition) is 2. The van der Waals surface area contributed by atoms with Crippen LogP contribution in [0.25, 0.3) is 0 Å². The lowest BCUT2D eigenvalue weighted by Crippen LogP contribution is -2.38. The second kappa shape index (κ2) is 5.17. The molecule has 0 aliphatic heterocycles. The first kappa shape index (κ1) is 11.9. The van der Waals surface area contributed by atoms with Gasteiger partial charge < -0.3 is 10.6 Å². The Bertz CT molecular complexity index is 242. The summed E-state index contributed by atoms with van der Waals surface area (Å²) in [6.45, 7) is 4.69. The summed E-state index contributed by atoms with van der Waals surface area (Å²) < 4.78 is 0. The summed E-state index contributed by atoms with van der Waals surface area (Å²) in [5.41, 5.74) is 0.441. The van der Waals surface area contributed by atoms with Gasteiger partial charge in [-0.3, -0.25) is 4.79 Å². The first-order valence-electron chi connectivity index (χ1n) is 6.65. The van der Waals surface area contributed by atoms with E-state index in [2.05, 4.69) is 17.6 Å². The van der Waals surface area contributed by atoms with Gasteiger partial charge in [0.15, 0.2) is 0 Å². The Balaban J connectivity index is 1.54. The maximum absolute atomic E-state index is 11.5. The van der Waals surface area contributed by atoms with Gasteiger partial charge in [-0.25, -0.2) is 0 Å². The number of hydrogen-bond donors (Lipinski definition) is 2. The fourth-order valence-electron chi connectivity index (χ4n) is 2.53. The molecule has 92 valence electrons. The third-order valence-corrected chi connectivity index (χ3v) is 3.93. The van der Waals surface area contributed by atoms with Crippen LogP contribution in [0.2, 0.25) is 0 Å². The minimum Gasteiger partial charge on any atom is -0.355 e. The fraction of sp³-hybridized carbons (Fsp3) is 0.923. The van der Waals surface area contributed by atoms with Crippen molar-refractivity contribution in [1.82, 2.24) is 10.6 Å².